The van der Waals surface area contributed by atoms with Crippen molar-refractivity contribution in [3.8, 4) is 6.07 Å². The van der Waals surface area contributed by atoms with E-state index in [1.165, 1.54) is 10.9 Å². The molecule has 15 heavy (non-hydrogen) atoms. The van der Waals surface area contributed by atoms with Gasteiger partial charge in [0.15, 0.2) is 0 Å². The van der Waals surface area contributed by atoms with Crippen molar-refractivity contribution < 1.29 is 0 Å². The van der Waals surface area contributed by atoms with Crippen molar-refractivity contribution in [1.29, 1.82) is 5.26 Å². The third-order valence-corrected chi connectivity index (χ3v) is 2.51. The molecule has 76 valence electrons. The minimum absolute atomic E-state index is 0.0748. The summed E-state index contributed by atoms with van der Waals surface area (Å²) in [5.41, 5.74) is 8.14. The summed E-state index contributed by atoms with van der Waals surface area (Å²) in [6.07, 6.45) is 3.12. The van der Waals surface area contributed by atoms with Crippen molar-refractivity contribution in [3.05, 3.63) is 36.0 Å². The van der Waals surface area contributed by atoms with Crippen LogP contribution < -0.4 is 5.73 Å². The number of hydrogen-bond donors (Lipinski definition) is 2. The van der Waals surface area contributed by atoms with E-state index in [1.54, 1.807) is 0 Å². The molecule has 0 aliphatic heterocycles. The van der Waals surface area contributed by atoms with Crippen molar-refractivity contribution in [3.63, 3.8) is 0 Å². The Hall–Kier alpha value is -1.79. The zero-order valence-corrected chi connectivity index (χ0v) is 8.40. The summed E-state index contributed by atoms with van der Waals surface area (Å²) in [5, 5.41) is 9.74. The summed E-state index contributed by atoms with van der Waals surface area (Å²) in [5.74, 6) is 0. The van der Waals surface area contributed by atoms with Crippen LogP contribution >= 0.6 is 0 Å². The number of aromatic amines is 1. The largest absolute Gasteiger partial charge is 0.361 e. The van der Waals surface area contributed by atoms with Gasteiger partial charge in [-0.25, -0.2) is 0 Å². The fraction of sp³-hybridized carbons (Fsp3) is 0.250. The molecule has 2 rings (SSSR count). The highest BCUT2D eigenvalue weighted by atomic mass is 14.7. The predicted molar refractivity (Wildman–Crippen MR) is 60.2 cm³/mol. The number of rotatable bonds is 3. The number of aromatic nitrogens is 1. The Morgan fingerprint density at radius 1 is 1.40 bits per heavy atom. The number of para-hydroxylation sites is 1. The maximum absolute atomic E-state index is 8.54. The zero-order chi connectivity index (χ0) is 10.7. The lowest BCUT2D eigenvalue weighted by Gasteiger charge is -2.05. The Kier molecular flexibility index (Phi) is 2.70. The van der Waals surface area contributed by atoms with Gasteiger partial charge in [0.1, 0.15) is 0 Å². The van der Waals surface area contributed by atoms with Gasteiger partial charge in [0.05, 0.1) is 12.5 Å². The SMILES string of the molecule is N#CC[C@@H](N)Cc1c[nH]c2ccccc12. The molecule has 3 heteroatoms. The zero-order valence-electron chi connectivity index (χ0n) is 8.40. The van der Waals surface area contributed by atoms with Crippen LogP contribution in [0.3, 0.4) is 0 Å². The normalized spacial score (nSPS) is 12.5. The summed E-state index contributed by atoms with van der Waals surface area (Å²) in [6.45, 7) is 0. The molecule has 1 heterocycles. The summed E-state index contributed by atoms with van der Waals surface area (Å²) < 4.78 is 0. The molecule has 0 bridgehead atoms. The van der Waals surface area contributed by atoms with E-state index < -0.39 is 0 Å². The second-order valence-corrected chi connectivity index (χ2v) is 3.69. The van der Waals surface area contributed by atoms with Gasteiger partial charge in [-0.15, -0.1) is 0 Å². The second kappa shape index (κ2) is 4.16. The molecular weight excluding hydrogens is 186 g/mol. The summed E-state index contributed by atoms with van der Waals surface area (Å²) in [4.78, 5) is 3.20. The molecule has 2 aromatic rings. The van der Waals surface area contributed by atoms with E-state index >= 15 is 0 Å². The van der Waals surface area contributed by atoms with E-state index in [-0.39, 0.29) is 6.04 Å². The highest BCUT2D eigenvalue weighted by molar-refractivity contribution is 5.83. The molecule has 0 radical (unpaired) electrons. The number of H-pyrrole nitrogens is 1. The minimum Gasteiger partial charge on any atom is -0.361 e. The van der Waals surface area contributed by atoms with E-state index in [4.69, 9.17) is 11.0 Å². The van der Waals surface area contributed by atoms with Crippen molar-refractivity contribution in [2.75, 3.05) is 0 Å². The molecule has 0 fully saturated rings. The van der Waals surface area contributed by atoms with E-state index in [1.807, 2.05) is 24.4 Å². The van der Waals surface area contributed by atoms with Gasteiger partial charge < -0.3 is 10.7 Å². The topological polar surface area (TPSA) is 65.6 Å². The first-order valence-electron chi connectivity index (χ1n) is 4.99. The summed E-state index contributed by atoms with van der Waals surface area (Å²) in [6, 6.07) is 10.1. The molecule has 0 aliphatic carbocycles. The summed E-state index contributed by atoms with van der Waals surface area (Å²) >= 11 is 0. The molecule has 3 N–H and O–H groups in total. The van der Waals surface area contributed by atoms with Gasteiger partial charge in [-0.2, -0.15) is 5.26 Å². The molecule has 0 spiro atoms. The third-order valence-electron chi connectivity index (χ3n) is 2.51. The molecule has 0 saturated heterocycles. The standard InChI is InChI=1S/C12H13N3/c13-6-5-10(14)7-9-8-15-12-4-2-1-3-11(9)12/h1-4,8,10,15H,5,7,14H2/t10-/m1/s1. The van der Waals surface area contributed by atoms with Gasteiger partial charge in [-0.3, -0.25) is 0 Å². The first-order valence-corrected chi connectivity index (χ1v) is 4.99. The lowest BCUT2D eigenvalue weighted by atomic mass is 10.0. The lowest BCUT2D eigenvalue weighted by molar-refractivity contribution is 0.688. The van der Waals surface area contributed by atoms with Crippen LogP contribution in [0.2, 0.25) is 0 Å². The van der Waals surface area contributed by atoms with E-state index in [0.717, 1.165) is 11.9 Å². The number of nitrogens with zero attached hydrogens (tertiary/aromatic N) is 1. The summed E-state index contributed by atoms with van der Waals surface area (Å²) in [7, 11) is 0. The molecule has 1 aromatic heterocycles. The van der Waals surface area contributed by atoms with E-state index in [0.29, 0.717) is 6.42 Å². The van der Waals surface area contributed by atoms with Gasteiger partial charge in [0.2, 0.25) is 0 Å². The van der Waals surface area contributed by atoms with Crippen LogP contribution in [0.5, 0.6) is 0 Å². The fourth-order valence-electron chi connectivity index (χ4n) is 1.77. The Balaban J connectivity index is 2.25. The molecule has 0 unspecified atom stereocenters. The number of hydrogen-bond acceptors (Lipinski definition) is 2. The Labute approximate surface area is 88.5 Å². The van der Waals surface area contributed by atoms with Crippen LogP contribution in [-0.2, 0) is 6.42 Å². The maximum Gasteiger partial charge on any atom is 0.0638 e. The van der Waals surface area contributed by atoms with Crippen molar-refractivity contribution in [2.24, 2.45) is 5.73 Å². The highest BCUT2D eigenvalue weighted by Crippen LogP contribution is 2.18. The second-order valence-electron chi connectivity index (χ2n) is 3.69. The average molecular weight is 199 g/mol. The number of nitriles is 1. The fourth-order valence-corrected chi connectivity index (χ4v) is 1.77. The molecular formula is C12H13N3. The first kappa shape index (κ1) is 9.75. The van der Waals surface area contributed by atoms with Crippen LogP contribution in [0.4, 0.5) is 0 Å². The van der Waals surface area contributed by atoms with Crippen molar-refractivity contribution in [2.45, 2.75) is 18.9 Å². The Bertz CT molecular complexity index is 493. The monoisotopic (exact) mass is 199 g/mol. The van der Waals surface area contributed by atoms with Gasteiger partial charge in [0, 0.05) is 23.1 Å². The van der Waals surface area contributed by atoms with Crippen LogP contribution in [0.15, 0.2) is 30.5 Å². The number of nitrogens with two attached hydrogens (primary N) is 1. The van der Waals surface area contributed by atoms with Crippen LogP contribution in [0.25, 0.3) is 10.9 Å². The quantitative estimate of drug-likeness (QED) is 0.793. The van der Waals surface area contributed by atoms with Crippen molar-refractivity contribution >= 4 is 10.9 Å². The predicted octanol–water partition coefficient (Wildman–Crippen LogP) is 1.95. The van der Waals surface area contributed by atoms with Gasteiger partial charge in [-0.05, 0) is 18.1 Å². The lowest BCUT2D eigenvalue weighted by Crippen LogP contribution is -2.21. The molecule has 1 aromatic carbocycles. The maximum atomic E-state index is 8.54. The Morgan fingerprint density at radius 3 is 3.00 bits per heavy atom. The smallest absolute Gasteiger partial charge is 0.0638 e. The van der Waals surface area contributed by atoms with Gasteiger partial charge >= 0.3 is 0 Å². The van der Waals surface area contributed by atoms with E-state index in [2.05, 4.69) is 17.1 Å². The number of benzene rings is 1. The number of nitrogens with one attached hydrogen (secondary N) is 1. The molecule has 1 atom stereocenters. The number of fused-ring (bicyclic) bond motifs is 1. The van der Waals surface area contributed by atoms with Crippen LogP contribution in [0, 0.1) is 11.3 Å². The molecule has 3 nitrogen and oxygen atoms in total. The first-order chi connectivity index (χ1) is 7.31. The molecule has 0 amide bonds. The van der Waals surface area contributed by atoms with Gasteiger partial charge in [-0.1, -0.05) is 18.2 Å². The van der Waals surface area contributed by atoms with Gasteiger partial charge in [0.25, 0.3) is 0 Å². The third kappa shape index (κ3) is 2.00. The van der Waals surface area contributed by atoms with Crippen LogP contribution in [-0.4, -0.2) is 11.0 Å². The minimum atomic E-state index is -0.0748. The highest BCUT2D eigenvalue weighted by Gasteiger charge is 2.07. The van der Waals surface area contributed by atoms with E-state index in [9.17, 15) is 0 Å². The molecule has 0 aliphatic rings. The van der Waals surface area contributed by atoms with Crippen molar-refractivity contribution in [1.82, 2.24) is 4.98 Å². The Morgan fingerprint density at radius 2 is 2.20 bits per heavy atom. The van der Waals surface area contributed by atoms with Crippen LogP contribution in [0.1, 0.15) is 12.0 Å². The average Bonchev–Trinajstić information content (AvgIpc) is 2.62. The molecule has 0 saturated carbocycles.